The Morgan fingerprint density at radius 1 is 1.36 bits per heavy atom. The summed E-state index contributed by atoms with van der Waals surface area (Å²) in [5.74, 6) is 0.422. The van der Waals surface area contributed by atoms with E-state index in [1.54, 1.807) is 19.3 Å². The molecule has 0 aliphatic heterocycles. The van der Waals surface area contributed by atoms with Gasteiger partial charge >= 0.3 is 5.97 Å². The van der Waals surface area contributed by atoms with E-state index in [0.29, 0.717) is 11.7 Å². The highest BCUT2D eigenvalue weighted by Gasteiger charge is 2.28. The number of hydrogen-bond acceptors (Lipinski definition) is 4. The van der Waals surface area contributed by atoms with E-state index in [1.807, 2.05) is 25.1 Å². The fraction of sp³-hybridized carbons (Fsp3) is 0.412. The van der Waals surface area contributed by atoms with Crippen LogP contribution < -0.4 is 10.1 Å². The number of para-hydroxylation sites is 1. The van der Waals surface area contributed by atoms with E-state index in [4.69, 9.17) is 9.47 Å². The Labute approximate surface area is 130 Å². The molecule has 0 saturated heterocycles. The van der Waals surface area contributed by atoms with Crippen LogP contribution in [-0.4, -0.2) is 31.6 Å². The zero-order valence-electron chi connectivity index (χ0n) is 12.9. The predicted octanol–water partition coefficient (Wildman–Crippen LogP) is 2.17. The Hall–Kier alpha value is -2.30. The van der Waals surface area contributed by atoms with Crippen LogP contribution in [-0.2, 0) is 14.3 Å². The van der Waals surface area contributed by atoms with Crippen molar-refractivity contribution in [2.75, 3.05) is 13.7 Å². The van der Waals surface area contributed by atoms with Crippen molar-refractivity contribution < 1.29 is 19.1 Å². The lowest BCUT2D eigenvalue weighted by atomic mass is 10.2. The second-order valence-electron chi connectivity index (χ2n) is 5.38. The molecule has 1 saturated carbocycles. The van der Waals surface area contributed by atoms with Crippen LogP contribution in [0.5, 0.6) is 5.75 Å². The van der Waals surface area contributed by atoms with Gasteiger partial charge in [0.25, 0.3) is 5.91 Å². The molecule has 0 unspecified atom stereocenters. The maximum atomic E-state index is 11.6. The normalized spacial score (nSPS) is 15.4. The maximum Gasteiger partial charge on any atom is 0.331 e. The molecule has 0 heterocycles. The number of hydrogen-bond donors (Lipinski definition) is 1. The van der Waals surface area contributed by atoms with Crippen molar-refractivity contribution in [3.63, 3.8) is 0 Å². The van der Waals surface area contributed by atoms with Gasteiger partial charge in [-0.2, -0.15) is 0 Å². The number of ether oxygens (including phenoxy) is 2. The minimum atomic E-state index is -0.555. The highest BCUT2D eigenvalue weighted by Crippen LogP contribution is 2.32. The van der Waals surface area contributed by atoms with E-state index < -0.39 is 5.97 Å². The van der Waals surface area contributed by atoms with Crippen LogP contribution in [0, 0.1) is 5.92 Å². The Morgan fingerprint density at radius 2 is 2.09 bits per heavy atom. The summed E-state index contributed by atoms with van der Waals surface area (Å²) in [7, 11) is 1.57. The molecule has 1 N–H and O–H groups in total. The van der Waals surface area contributed by atoms with E-state index in [9.17, 15) is 9.59 Å². The van der Waals surface area contributed by atoms with Crippen LogP contribution in [0.3, 0.4) is 0 Å². The van der Waals surface area contributed by atoms with Crippen molar-refractivity contribution >= 4 is 18.0 Å². The van der Waals surface area contributed by atoms with Crippen molar-refractivity contribution in [2.24, 2.45) is 5.92 Å². The van der Waals surface area contributed by atoms with Gasteiger partial charge in [0.2, 0.25) is 0 Å². The average Bonchev–Trinajstić information content (AvgIpc) is 3.36. The Morgan fingerprint density at radius 3 is 2.77 bits per heavy atom. The Bertz CT molecular complexity index is 564. The summed E-state index contributed by atoms with van der Waals surface area (Å²) >= 11 is 0. The first kappa shape index (κ1) is 16.1. The van der Waals surface area contributed by atoms with Crippen LogP contribution in [0.1, 0.15) is 25.3 Å². The molecule has 22 heavy (non-hydrogen) atoms. The number of carbonyl (C=O) groups is 2. The molecule has 1 aliphatic rings. The number of nitrogens with one attached hydrogen (secondary N) is 1. The van der Waals surface area contributed by atoms with Crippen molar-refractivity contribution in [1.82, 2.24) is 5.32 Å². The van der Waals surface area contributed by atoms with Crippen molar-refractivity contribution in [3.8, 4) is 5.75 Å². The van der Waals surface area contributed by atoms with Gasteiger partial charge in [-0.15, -0.1) is 0 Å². The third kappa shape index (κ3) is 4.91. The average molecular weight is 303 g/mol. The molecule has 0 radical (unpaired) electrons. The molecular weight excluding hydrogens is 282 g/mol. The lowest BCUT2D eigenvalue weighted by Crippen LogP contribution is -2.36. The maximum absolute atomic E-state index is 11.6. The molecule has 1 fully saturated rings. The first-order chi connectivity index (χ1) is 10.6. The number of methoxy groups -OCH3 is 1. The van der Waals surface area contributed by atoms with E-state index in [0.717, 1.165) is 18.4 Å². The van der Waals surface area contributed by atoms with Gasteiger partial charge in [0.15, 0.2) is 6.61 Å². The Balaban J connectivity index is 1.77. The molecular formula is C17H21NO4. The summed E-state index contributed by atoms with van der Waals surface area (Å²) in [4.78, 5) is 23.3. The minimum absolute atomic E-state index is 0.148. The largest absolute Gasteiger partial charge is 0.496 e. The van der Waals surface area contributed by atoms with Crippen LogP contribution in [0.15, 0.2) is 30.3 Å². The van der Waals surface area contributed by atoms with Gasteiger partial charge in [-0.05, 0) is 37.8 Å². The summed E-state index contributed by atoms with van der Waals surface area (Å²) in [5, 5.41) is 2.83. The number of carbonyl (C=O) groups excluding carboxylic acids is 2. The van der Waals surface area contributed by atoms with Gasteiger partial charge in [0.05, 0.1) is 7.11 Å². The summed E-state index contributed by atoms with van der Waals surface area (Å²) < 4.78 is 10.1. The summed E-state index contributed by atoms with van der Waals surface area (Å²) in [6, 6.07) is 7.47. The summed E-state index contributed by atoms with van der Waals surface area (Å²) in [5.41, 5.74) is 0.772. The van der Waals surface area contributed by atoms with Crippen LogP contribution in [0.25, 0.3) is 6.08 Å². The third-order valence-electron chi connectivity index (χ3n) is 3.60. The summed E-state index contributed by atoms with van der Waals surface area (Å²) in [6.07, 6.45) is 5.20. The first-order valence-corrected chi connectivity index (χ1v) is 7.37. The predicted molar refractivity (Wildman–Crippen MR) is 83.3 cm³/mol. The zero-order valence-corrected chi connectivity index (χ0v) is 12.9. The van der Waals surface area contributed by atoms with E-state index in [-0.39, 0.29) is 18.6 Å². The van der Waals surface area contributed by atoms with E-state index >= 15 is 0 Å². The molecule has 1 atom stereocenters. The van der Waals surface area contributed by atoms with Crippen LogP contribution in [0.4, 0.5) is 0 Å². The molecule has 0 bridgehead atoms. The second kappa shape index (κ2) is 7.64. The lowest BCUT2D eigenvalue weighted by molar-refractivity contribution is -0.144. The molecule has 2 rings (SSSR count). The topological polar surface area (TPSA) is 64.6 Å². The number of amides is 1. The molecule has 5 nitrogen and oxygen atoms in total. The molecule has 0 aromatic heterocycles. The van der Waals surface area contributed by atoms with E-state index in [1.165, 1.54) is 6.08 Å². The molecule has 1 aromatic carbocycles. The lowest BCUT2D eigenvalue weighted by Gasteiger charge is -2.12. The smallest absolute Gasteiger partial charge is 0.331 e. The number of benzene rings is 1. The van der Waals surface area contributed by atoms with Gasteiger partial charge in [-0.3, -0.25) is 4.79 Å². The highest BCUT2D eigenvalue weighted by atomic mass is 16.5. The minimum Gasteiger partial charge on any atom is -0.496 e. The molecule has 0 spiro atoms. The number of rotatable bonds is 7. The fourth-order valence-corrected chi connectivity index (χ4v) is 2.16. The monoisotopic (exact) mass is 303 g/mol. The number of esters is 1. The molecule has 1 aliphatic carbocycles. The van der Waals surface area contributed by atoms with Crippen LogP contribution in [0.2, 0.25) is 0 Å². The van der Waals surface area contributed by atoms with Crippen molar-refractivity contribution in [1.29, 1.82) is 0 Å². The summed E-state index contributed by atoms with van der Waals surface area (Å²) in [6.45, 7) is 1.71. The van der Waals surface area contributed by atoms with Gasteiger partial charge in [-0.1, -0.05) is 18.2 Å². The third-order valence-corrected chi connectivity index (χ3v) is 3.60. The second-order valence-corrected chi connectivity index (χ2v) is 5.38. The van der Waals surface area contributed by atoms with Gasteiger partial charge < -0.3 is 14.8 Å². The highest BCUT2D eigenvalue weighted by molar-refractivity contribution is 5.89. The molecule has 1 amide bonds. The molecule has 1 aromatic rings. The Kier molecular flexibility index (Phi) is 5.58. The quantitative estimate of drug-likeness (QED) is 0.619. The SMILES string of the molecule is COc1ccccc1/C=C/C(=O)OCC(=O)N[C@@H](C)C1CC1. The molecule has 5 heteroatoms. The van der Waals surface area contributed by atoms with E-state index in [2.05, 4.69) is 5.32 Å². The van der Waals surface area contributed by atoms with Gasteiger partial charge in [-0.25, -0.2) is 4.79 Å². The van der Waals surface area contributed by atoms with Gasteiger partial charge in [0, 0.05) is 17.7 Å². The van der Waals surface area contributed by atoms with Crippen molar-refractivity contribution in [3.05, 3.63) is 35.9 Å². The molecule has 118 valence electrons. The standard InChI is InChI=1S/C17H21NO4/c1-12(13-7-8-13)18-16(19)11-22-17(20)10-9-14-5-3-4-6-15(14)21-2/h3-6,9-10,12-13H,7-8,11H2,1-2H3,(H,18,19)/b10-9+/t12-/m0/s1. The zero-order chi connectivity index (χ0) is 15.9. The fourth-order valence-electron chi connectivity index (χ4n) is 2.16. The van der Waals surface area contributed by atoms with Crippen LogP contribution >= 0.6 is 0 Å². The van der Waals surface area contributed by atoms with Crippen molar-refractivity contribution in [2.45, 2.75) is 25.8 Å². The van der Waals surface area contributed by atoms with Gasteiger partial charge in [0.1, 0.15) is 5.75 Å². The first-order valence-electron chi connectivity index (χ1n) is 7.37.